The van der Waals surface area contributed by atoms with E-state index >= 15 is 0 Å². The van der Waals surface area contributed by atoms with Crippen LogP contribution in [0.1, 0.15) is 38.1 Å². The van der Waals surface area contributed by atoms with Gasteiger partial charge in [0, 0.05) is 17.4 Å². The highest BCUT2D eigenvalue weighted by molar-refractivity contribution is 7.16. The van der Waals surface area contributed by atoms with Crippen molar-refractivity contribution < 1.29 is 28.6 Å². The maximum absolute atomic E-state index is 12.5. The summed E-state index contributed by atoms with van der Waals surface area (Å²) in [7, 11) is 0. The van der Waals surface area contributed by atoms with Crippen LogP contribution >= 0.6 is 11.3 Å². The van der Waals surface area contributed by atoms with Crippen molar-refractivity contribution in [3.05, 3.63) is 39.8 Å². The Morgan fingerprint density at radius 1 is 1.15 bits per heavy atom. The van der Waals surface area contributed by atoms with E-state index in [4.69, 9.17) is 14.2 Å². The van der Waals surface area contributed by atoms with Crippen LogP contribution in [0, 0.1) is 13.8 Å². The van der Waals surface area contributed by atoms with Gasteiger partial charge in [-0.1, -0.05) is 0 Å². The Morgan fingerprint density at radius 2 is 1.85 bits per heavy atom. The van der Waals surface area contributed by atoms with Crippen molar-refractivity contribution in [1.82, 2.24) is 0 Å². The Labute approximate surface area is 160 Å². The summed E-state index contributed by atoms with van der Waals surface area (Å²) < 4.78 is 16.1. The normalized spacial score (nSPS) is 12.4. The molecule has 0 spiro atoms. The molecule has 7 nitrogen and oxygen atoms in total. The molecule has 1 aliphatic heterocycles. The van der Waals surface area contributed by atoms with Gasteiger partial charge in [-0.15, -0.1) is 11.3 Å². The molecule has 0 aliphatic carbocycles. The molecule has 1 aromatic heterocycles. The smallest absolute Gasteiger partial charge is 0.341 e. The molecule has 8 heteroatoms. The first-order valence-electron chi connectivity index (χ1n) is 8.34. The van der Waals surface area contributed by atoms with Crippen LogP contribution in [0.3, 0.4) is 0 Å². The number of anilines is 1. The molecule has 0 saturated carbocycles. The van der Waals surface area contributed by atoms with E-state index < -0.39 is 12.6 Å². The fourth-order valence-corrected chi connectivity index (χ4v) is 3.72. The molecule has 0 bridgehead atoms. The van der Waals surface area contributed by atoms with Gasteiger partial charge in [-0.3, -0.25) is 9.59 Å². The van der Waals surface area contributed by atoms with Crippen LogP contribution < -0.4 is 14.8 Å². The number of hydrogen-bond donors (Lipinski definition) is 1. The lowest BCUT2D eigenvalue weighted by atomic mass is 10.1. The van der Waals surface area contributed by atoms with Gasteiger partial charge in [-0.25, -0.2) is 4.79 Å². The highest BCUT2D eigenvalue weighted by Crippen LogP contribution is 2.33. The van der Waals surface area contributed by atoms with Crippen molar-refractivity contribution in [2.24, 2.45) is 0 Å². The number of benzene rings is 1. The maximum atomic E-state index is 12.5. The SMILES string of the molecule is CC(=O)Nc1sc(C)c(C)c1C(=O)OCC(=O)c1ccc2c(c1)OCCO2. The van der Waals surface area contributed by atoms with Gasteiger partial charge in [0.2, 0.25) is 5.91 Å². The predicted octanol–water partition coefficient (Wildman–Crippen LogP) is 3.13. The zero-order chi connectivity index (χ0) is 19.6. The molecule has 2 heterocycles. The molecule has 2 aromatic rings. The van der Waals surface area contributed by atoms with E-state index in [9.17, 15) is 14.4 Å². The molecule has 27 heavy (non-hydrogen) atoms. The van der Waals surface area contributed by atoms with E-state index in [0.29, 0.717) is 35.3 Å². The van der Waals surface area contributed by atoms with Gasteiger partial charge in [-0.2, -0.15) is 0 Å². The maximum Gasteiger partial charge on any atom is 0.341 e. The first kappa shape index (κ1) is 18.9. The Balaban J connectivity index is 1.71. The molecule has 142 valence electrons. The number of esters is 1. The van der Waals surface area contributed by atoms with E-state index in [2.05, 4.69) is 5.32 Å². The highest BCUT2D eigenvalue weighted by Gasteiger charge is 2.23. The lowest BCUT2D eigenvalue weighted by molar-refractivity contribution is -0.114. The Hall–Kier alpha value is -2.87. The molecular weight excluding hydrogens is 370 g/mol. The van der Waals surface area contributed by atoms with E-state index in [1.807, 2.05) is 6.92 Å². The quantitative estimate of drug-likeness (QED) is 0.624. The fourth-order valence-electron chi connectivity index (χ4n) is 2.62. The third-order valence-electron chi connectivity index (χ3n) is 4.08. The number of rotatable bonds is 5. The van der Waals surface area contributed by atoms with E-state index in [0.717, 1.165) is 10.4 Å². The number of ether oxygens (including phenoxy) is 3. The number of carbonyl (C=O) groups is 3. The molecule has 1 N–H and O–H groups in total. The van der Waals surface area contributed by atoms with Crippen LogP contribution in [0.4, 0.5) is 5.00 Å². The fraction of sp³-hybridized carbons (Fsp3) is 0.316. The number of hydrogen-bond acceptors (Lipinski definition) is 7. The second-order valence-electron chi connectivity index (χ2n) is 6.03. The minimum absolute atomic E-state index is 0.280. The summed E-state index contributed by atoms with van der Waals surface area (Å²) >= 11 is 1.30. The molecule has 0 fully saturated rings. The average Bonchev–Trinajstić information content (AvgIpc) is 2.92. The van der Waals surface area contributed by atoms with Gasteiger partial charge < -0.3 is 19.5 Å². The molecule has 1 amide bonds. The van der Waals surface area contributed by atoms with Crippen LogP contribution in [0.2, 0.25) is 0 Å². The van der Waals surface area contributed by atoms with Crippen LogP contribution in [0.25, 0.3) is 0 Å². The Kier molecular flexibility index (Phi) is 5.46. The zero-order valence-electron chi connectivity index (χ0n) is 15.2. The van der Waals surface area contributed by atoms with Crippen molar-refractivity contribution in [1.29, 1.82) is 0 Å². The molecule has 0 unspecified atom stereocenters. The second kappa shape index (κ2) is 7.79. The van der Waals surface area contributed by atoms with Crippen molar-refractivity contribution in [2.75, 3.05) is 25.1 Å². The van der Waals surface area contributed by atoms with Gasteiger partial charge in [-0.05, 0) is 37.6 Å². The van der Waals surface area contributed by atoms with Crippen molar-refractivity contribution in [2.45, 2.75) is 20.8 Å². The largest absolute Gasteiger partial charge is 0.486 e. The summed E-state index contributed by atoms with van der Waals surface area (Å²) in [4.78, 5) is 37.1. The molecule has 0 atom stereocenters. The standard InChI is InChI=1S/C19H19NO6S/c1-10-11(2)27-18(20-12(3)21)17(10)19(23)26-9-14(22)13-4-5-15-16(8-13)25-7-6-24-15/h4-5,8H,6-7,9H2,1-3H3,(H,20,21). The lowest BCUT2D eigenvalue weighted by Crippen LogP contribution is -2.18. The molecule has 1 aliphatic rings. The average molecular weight is 389 g/mol. The summed E-state index contributed by atoms with van der Waals surface area (Å²) in [6.45, 7) is 5.46. The minimum Gasteiger partial charge on any atom is -0.486 e. The van der Waals surface area contributed by atoms with Crippen molar-refractivity contribution in [3.63, 3.8) is 0 Å². The Bertz CT molecular complexity index is 917. The van der Waals surface area contributed by atoms with E-state index in [-0.39, 0.29) is 17.3 Å². The number of Topliss-reactive ketones (excluding diaryl/α,β-unsaturated/α-hetero) is 1. The van der Waals surface area contributed by atoms with E-state index in [1.54, 1.807) is 25.1 Å². The number of aryl methyl sites for hydroxylation is 1. The molecule has 0 radical (unpaired) electrons. The second-order valence-corrected chi connectivity index (χ2v) is 7.25. The third-order valence-corrected chi connectivity index (χ3v) is 5.20. The number of nitrogens with one attached hydrogen (secondary N) is 1. The van der Waals surface area contributed by atoms with Crippen molar-refractivity contribution in [3.8, 4) is 11.5 Å². The van der Waals surface area contributed by atoms with Crippen LogP contribution in [-0.2, 0) is 9.53 Å². The lowest BCUT2D eigenvalue weighted by Gasteiger charge is -2.18. The summed E-state index contributed by atoms with van der Waals surface area (Å²) in [5, 5.41) is 3.06. The van der Waals surface area contributed by atoms with Crippen LogP contribution in [0.15, 0.2) is 18.2 Å². The zero-order valence-corrected chi connectivity index (χ0v) is 16.0. The first-order chi connectivity index (χ1) is 12.9. The molecular formula is C19H19NO6S. The predicted molar refractivity (Wildman–Crippen MR) is 100 cm³/mol. The number of thiophene rings is 1. The summed E-state index contributed by atoms with van der Waals surface area (Å²) in [5.41, 5.74) is 1.37. The third kappa shape index (κ3) is 4.11. The number of carbonyl (C=O) groups excluding carboxylic acids is 3. The van der Waals surface area contributed by atoms with Gasteiger partial charge in [0.1, 0.15) is 18.2 Å². The summed E-state index contributed by atoms with van der Waals surface area (Å²) in [5.74, 6) is -0.204. The van der Waals surface area contributed by atoms with Gasteiger partial charge >= 0.3 is 5.97 Å². The molecule has 0 saturated heterocycles. The van der Waals surface area contributed by atoms with Gasteiger partial charge in [0.25, 0.3) is 0 Å². The number of ketones is 1. The highest BCUT2D eigenvalue weighted by atomic mass is 32.1. The van der Waals surface area contributed by atoms with E-state index in [1.165, 1.54) is 18.3 Å². The first-order valence-corrected chi connectivity index (χ1v) is 9.16. The van der Waals surface area contributed by atoms with Crippen molar-refractivity contribution >= 4 is 34.0 Å². The number of amides is 1. The van der Waals surface area contributed by atoms with Crippen LogP contribution in [0.5, 0.6) is 11.5 Å². The van der Waals surface area contributed by atoms with Crippen LogP contribution in [-0.4, -0.2) is 37.5 Å². The summed E-state index contributed by atoms with van der Waals surface area (Å²) in [6.07, 6.45) is 0. The van der Waals surface area contributed by atoms with Gasteiger partial charge in [0.15, 0.2) is 23.9 Å². The van der Waals surface area contributed by atoms with Gasteiger partial charge in [0.05, 0.1) is 5.56 Å². The monoisotopic (exact) mass is 389 g/mol. The molecule has 3 rings (SSSR count). The number of fused-ring (bicyclic) bond motifs is 1. The summed E-state index contributed by atoms with van der Waals surface area (Å²) in [6, 6.07) is 4.84. The topological polar surface area (TPSA) is 90.9 Å². The molecule has 1 aromatic carbocycles. The minimum atomic E-state index is -0.647. The Morgan fingerprint density at radius 3 is 2.56 bits per heavy atom.